The van der Waals surface area contributed by atoms with Gasteiger partial charge in [-0.2, -0.15) is 0 Å². The van der Waals surface area contributed by atoms with Gasteiger partial charge in [0, 0.05) is 62.6 Å². The molecular formula is C19H32N4O2S. The van der Waals surface area contributed by atoms with Gasteiger partial charge in [0.25, 0.3) is 0 Å². The average molecular weight is 381 g/mol. The average Bonchev–Trinajstić information content (AvgIpc) is 2.61. The number of β-amino-alcohol motifs (C(OH)–C–C–N with tert-alkyl or cyclic N) is 1. The Hall–Kier alpha value is -0.730. The Morgan fingerprint density at radius 2 is 1.85 bits per heavy atom. The molecule has 0 saturated carbocycles. The zero-order chi connectivity index (χ0) is 18.6. The highest BCUT2D eigenvalue weighted by Gasteiger charge is 2.48. The maximum absolute atomic E-state index is 11.4. The minimum Gasteiger partial charge on any atom is -0.388 e. The third kappa shape index (κ3) is 4.75. The van der Waals surface area contributed by atoms with E-state index in [-0.39, 0.29) is 5.41 Å². The second-order valence-corrected chi connectivity index (χ2v) is 9.30. The maximum atomic E-state index is 11.4. The second kappa shape index (κ2) is 8.52. The highest BCUT2D eigenvalue weighted by Crippen LogP contribution is 2.39. The van der Waals surface area contributed by atoms with Crippen LogP contribution in [0.4, 0.5) is 0 Å². The summed E-state index contributed by atoms with van der Waals surface area (Å²) in [5.74, 6) is 0.987. The summed E-state index contributed by atoms with van der Waals surface area (Å²) < 4.78 is 5.44. The number of likely N-dealkylation sites (tertiary alicyclic amines) is 1. The third-order valence-electron chi connectivity index (χ3n) is 5.67. The molecule has 2 fully saturated rings. The Morgan fingerprint density at radius 3 is 2.46 bits per heavy atom. The Labute approximate surface area is 161 Å². The van der Waals surface area contributed by atoms with Crippen LogP contribution in [0.25, 0.3) is 0 Å². The first kappa shape index (κ1) is 20.0. The summed E-state index contributed by atoms with van der Waals surface area (Å²) in [5, 5.41) is 12.2. The molecule has 2 aliphatic rings. The first-order chi connectivity index (χ1) is 12.4. The van der Waals surface area contributed by atoms with Gasteiger partial charge >= 0.3 is 0 Å². The molecule has 0 radical (unpaired) electrons. The highest BCUT2D eigenvalue weighted by molar-refractivity contribution is 7.99. The van der Waals surface area contributed by atoms with Crippen LogP contribution in [0.15, 0.2) is 17.6 Å². The predicted octanol–water partition coefficient (Wildman–Crippen LogP) is 1.88. The lowest BCUT2D eigenvalue weighted by Crippen LogP contribution is -2.62. The number of thioether (sulfide) groups is 1. The minimum atomic E-state index is -0.654. The number of rotatable bonds is 6. The fourth-order valence-electron chi connectivity index (χ4n) is 3.91. The summed E-state index contributed by atoms with van der Waals surface area (Å²) in [4.78, 5) is 13.6. The van der Waals surface area contributed by atoms with Gasteiger partial charge in [-0.25, -0.2) is 9.97 Å². The zero-order valence-corrected chi connectivity index (χ0v) is 17.1. The number of ether oxygens (including phenoxy) is 1. The molecule has 26 heavy (non-hydrogen) atoms. The van der Waals surface area contributed by atoms with E-state index in [0.29, 0.717) is 0 Å². The van der Waals surface area contributed by atoms with E-state index in [1.54, 1.807) is 11.8 Å². The summed E-state index contributed by atoms with van der Waals surface area (Å²) in [7, 11) is 0. The van der Waals surface area contributed by atoms with Crippen molar-refractivity contribution < 1.29 is 9.84 Å². The number of morpholine rings is 1. The number of hydrogen-bond donors (Lipinski definition) is 1. The second-order valence-electron chi connectivity index (χ2n) is 8.07. The van der Waals surface area contributed by atoms with Crippen molar-refractivity contribution in [3.63, 3.8) is 0 Å². The largest absolute Gasteiger partial charge is 0.388 e. The quantitative estimate of drug-likeness (QED) is 0.597. The fourth-order valence-corrected chi connectivity index (χ4v) is 4.42. The van der Waals surface area contributed by atoms with Crippen molar-refractivity contribution in [3.8, 4) is 0 Å². The van der Waals surface area contributed by atoms with Crippen molar-refractivity contribution in [1.29, 1.82) is 0 Å². The van der Waals surface area contributed by atoms with E-state index >= 15 is 0 Å². The predicted molar refractivity (Wildman–Crippen MR) is 104 cm³/mol. The van der Waals surface area contributed by atoms with Gasteiger partial charge in [0.15, 0.2) is 5.16 Å². The molecule has 0 bridgehead atoms. The van der Waals surface area contributed by atoms with E-state index in [9.17, 15) is 5.11 Å². The SMILES string of the molecule is CCSc1ncc(CN2CCC(O)(CN3CCOCC3)C(C)(C)C2)cn1. The van der Waals surface area contributed by atoms with Crippen LogP contribution < -0.4 is 0 Å². The number of nitrogens with zero attached hydrogens (tertiary/aromatic N) is 4. The monoisotopic (exact) mass is 380 g/mol. The highest BCUT2D eigenvalue weighted by atomic mass is 32.2. The minimum absolute atomic E-state index is 0.164. The number of aliphatic hydroxyl groups is 1. The van der Waals surface area contributed by atoms with Crippen LogP contribution in [0, 0.1) is 5.41 Å². The van der Waals surface area contributed by atoms with Crippen molar-refractivity contribution >= 4 is 11.8 Å². The van der Waals surface area contributed by atoms with Crippen LogP contribution in [0.1, 0.15) is 32.8 Å². The lowest BCUT2D eigenvalue weighted by molar-refractivity contribution is -0.140. The van der Waals surface area contributed by atoms with Crippen molar-refractivity contribution in [1.82, 2.24) is 19.8 Å². The molecule has 2 aliphatic heterocycles. The molecule has 0 aliphatic carbocycles. The number of piperidine rings is 1. The summed E-state index contributed by atoms with van der Waals surface area (Å²) in [6, 6.07) is 0. The summed E-state index contributed by atoms with van der Waals surface area (Å²) >= 11 is 1.66. The van der Waals surface area contributed by atoms with E-state index in [2.05, 4.69) is 40.5 Å². The fraction of sp³-hybridized carbons (Fsp3) is 0.789. The molecule has 0 amide bonds. The topological polar surface area (TPSA) is 61.7 Å². The third-order valence-corrected chi connectivity index (χ3v) is 6.43. The number of hydrogen-bond acceptors (Lipinski definition) is 7. The first-order valence-electron chi connectivity index (χ1n) is 9.60. The molecule has 1 aromatic heterocycles. The van der Waals surface area contributed by atoms with Crippen LogP contribution in [0.5, 0.6) is 0 Å². The van der Waals surface area contributed by atoms with Crippen LogP contribution >= 0.6 is 11.8 Å². The van der Waals surface area contributed by atoms with E-state index in [0.717, 1.165) is 75.4 Å². The molecule has 6 nitrogen and oxygen atoms in total. The summed E-state index contributed by atoms with van der Waals surface area (Å²) in [6.45, 7) is 13.2. The molecule has 3 heterocycles. The number of aromatic nitrogens is 2. The van der Waals surface area contributed by atoms with Gasteiger partial charge in [-0.15, -0.1) is 0 Å². The van der Waals surface area contributed by atoms with Crippen molar-refractivity contribution in [2.24, 2.45) is 5.41 Å². The Morgan fingerprint density at radius 1 is 1.15 bits per heavy atom. The van der Waals surface area contributed by atoms with Crippen LogP contribution in [-0.2, 0) is 11.3 Å². The normalized spacial score (nSPS) is 27.5. The molecule has 7 heteroatoms. The molecular weight excluding hydrogens is 348 g/mol. The smallest absolute Gasteiger partial charge is 0.187 e. The van der Waals surface area contributed by atoms with Gasteiger partial charge < -0.3 is 9.84 Å². The standard InChI is InChI=1S/C19H32N4O2S/c1-4-26-17-20-11-16(12-21-17)13-23-6-5-19(24,18(2,3)14-23)15-22-7-9-25-10-8-22/h11-12,24H,4-10,13-15H2,1-3H3. The lowest BCUT2D eigenvalue weighted by Gasteiger charge is -2.52. The Kier molecular flexibility index (Phi) is 6.56. The van der Waals surface area contributed by atoms with Crippen LogP contribution in [-0.4, -0.2) is 82.2 Å². The van der Waals surface area contributed by atoms with E-state index < -0.39 is 5.60 Å². The summed E-state index contributed by atoms with van der Waals surface area (Å²) in [6.07, 6.45) is 4.67. The van der Waals surface area contributed by atoms with Gasteiger partial charge in [-0.1, -0.05) is 32.5 Å². The molecule has 1 N–H and O–H groups in total. The molecule has 0 spiro atoms. The Balaban J connectivity index is 1.58. The lowest BCUT2D eigenvalue weighted by atomic mass is 9.69. The van der Waals surface area contributed by atoms with Crippen LogP contribution in [0.2, 0.25) is 0 Å². The summed E-state index contributed by atoms with van der Waals surface area (Å²) in [5.41, 5.74) is 0.321. The Bertz CT molecular complexity index is 577. The van der Waals surface area contributed by atoms with Gasteiger partial charge in [-0.3, -0.25) is 9.80 Å². The van der Waals surface area contributed by atoms with E-state index in [1.807, 2.05) is 12.4 Å². The molecule has 0 aromatic carbocycles. The van der Waals surface area contributed by atoms with Crippen molar-refractivity contribution in [2.75, 3.05) is 51.7 Å². The van der Waals surface area contributed by atoms with E-state index in [1.165, 1.54) is 0 Å². The van der Waals surface area contributed by atoms with Gasteiger partial charge in [0.1, 0.15) is 0 Å². The maximum Gasteiger partial charge on any atom is 0.187 e. The first-order valence-corrected chi connectivity index (χ1v) is 10.6. The molecule has 1 unspecified atom stereocenters. The van der Waals surface area contributed by atoms with Gasteiger partial charge in [0.2, 0.25) is 0 Å². The van der Waals surface area contributed by atoms with Crippen molar-refractivity contribution in [2.45, 2.75) is 44.5 Å². The van der Waals surface area contributed by atoms with Gasteiger partial charge in [0.05, 0.1) is 18.8 Å². The molecule has 1 aromatic rings. The molecule has 2 saturated heterocycles. The van der Waals surface area contributed by atoms with E-state index in [4.69, 9.17) is 4.74 Å². The van der Waals surface area contributed by atoms with Crippen LogP contribution in [0.3, 0.4) is 0 Å². The molecule has 3 rings (SSSR count). The zero-order valence-electron chi connectivity index (χ0n) is 16.3. The van der Waals surface area contributed by atoms with Crippen molar-refractivity contribution in [3.05, 3.63) is 18.0 Å². The molecule has 1 atom stereocenters. The van der Waals surface area contributed by atoms with Gasteiger partial charge in [-0.05, 0) is 12.2 Å². The molecule has 146 valence electrons.